The molecular formula is C14H12Br2ClNO2S. The Morgan fingerprint density at radius 3 is 2.52 bits per heavy atom. The summed E-state index contributed by atoms with van der Waals surface area (Å²) in [6.45, 7) is 2.07. The van der Waals surface area contributed by atoms with Crippen LogP contribution in [0.1, 0.15) is 11.1 Å². The first-order valence-electron chi connectivity index (χ1n) is 5.99. The van der Waals surface area contributed by atoms with Crippen molar-refractivity contribution in [3.8, 4) is 0 Å². The fourth-order valence-corrected chi connectivity index (χ4v) is 4.64. The van der Waals surface area contributed by atoms with Crippen molar-refractivity contribution >= 4 is 53.5 Å². The number of halogens is 3. The molecular weight excluding hydrogens is 441 g/mol. The molecule has 2 aromatic rings. The average Bonchev–Trinajstić information content (AvgIpc) is 2.41. The SMILES string of the molecule is Cc1cc(Br)c(S(=O)(=O)NCc2cccc(Cl)c2)cc1Br. The van der Waals surface area contributed by atoms with Crippen molar-refractivity contribution in [1.29, 1.82) is 0 Å². The molecule has 0 aromatic heterocycles. The van der Waals surface area contributed by atoms with Gasteiger partial charge in [0, 0.05) is 20.5 Å². The largest absolute Gasteiger partial charge is 0.242 e. The lowest BCUT2D eigenvalue weighted by Crippen LogP contribution is -2.23. The summed E-state index contributed by atoms with van der Waals surface area (Å²) in [6, 6.07) is 10.4. The van der Waals surface area contributed by atoms with Gasteiger partial charge in [-0.25, -0.2) is 13.1 Å². The van der Waals surface area contributed by atoms with E-state index in [-0.39, 0.29) is 11.4 Å². The third kappa shape index (κ3) is 4.29. The van der Waals surface area contributed by atoms with E-state index < -0.39 is 10.0 Å². The predicted octanol–water partition coefficient (Wildman–Crippen LogP) is 4.65. The minimum atomic E-state index is -3.61. The number of benzene rings is 2. The van der Waals surface area contributed by atoms with Crippen LogP contribution in [0.25, 0.3) is 0 Å². The first kappa shape index (κ1) is 17.0. The topological polar surface area (TPSA) is 46.2 Å². The Morgan fingerprint density at radius 2 is 1.86 bits per heavy atom. The van der Waals surface area contributed by atoms with E-state index in [2.05, 4.69) is 36.6 Å². The van der Waals surface area contributed by atoms with Crippen molar-refractivity contribution in [3.05, 3.63) is 61.5 Å². The van der Waals surface area contributed by atoms with Gasteiger partial charge in [-0.1, -0.05) is 39.7 Å². The van der Waals surface area contributed by atoms with E-state index in [1.54, 1.807) is 30.3 Å². The van der Waals surface area contributed by atoms with Crippen molar-refractivity contribution in [2.24, 2.45) is 0 Å². The van der Waals surface area contributed by atoms with Crippen molar-refractivity contribution in [2.45, 2.75) is 18.4 Å². The number of sulfonamides is 1. The molecule has 0 aliphatic carbocycles. The number of aryl methyl sites for hydroxylation is 1. The van der Waals surface area contributed by atoms with Gasteiger partial charge in [0.15, 0.2) is 0 Å². The van der Waals surface area contributed by atoms with Gasteiger partial charge >= 0.3 is 0 Å². The van der Waals surface area contributed by atoms with Gasteiger partial charge in [0.05, 0.1) is 4.90 Å². The van der Waals surface area contributed by atoms with Crippen LogP contribution < -0.4 is 4.72 Å². The molecule has 0 radical (unpaired) electrons. The number of nitrogens with one attached hydrogen (secondary N) is 1. The molecule has 0 saturated carbocycles. The van der Waals surface area contributed by atoms with Crippen LogP contribution in [0.2, 0.25) is 5.02 Å². The van der Waals surface area contributed by atoms with E-state index in [0.717, 1.165) is 15.6 Å². The zero-order valence-electron chi connectivity index (χ0n) is 11.0. The molecule has 112 valence electrons. The van der Waals surface area contributed by atoms with Gasteiger partial charge in [0.1, 0.15) is 0 Å². The molecule has 0 spiro atoms. The van der Waals surface area contributed by atoms with E-state index >= 15 is 0 Å². The minimum absolute atomic E-state index is 0.181. The summed E-state index contributed by atoms with van der Waals surface area (Å²) in [5.74, 6) is 0. The molecule has 0 saturated heterocycles. The van der Waals surface area contributed by atoms with Crippen LogP contribution in [0, 0.1) is 6.92 Å². The summed E-state index contributed by atoms with van der Waals surface area (Å²) in [5.41, 5.74) is 1.75. The monoisotopic (exact) mass is 451 g/mol. The Kier molecular flexibility index (Phi) is 5.48. The Labute approximate surface area is 146 Å². The lowest BCUT2D eigenvalue weighted by atomic mass is 10.2. The molecule has 7 heteroatoms. The van der Waals surface area contributed by atoms with Gasteiger partial charge < -0.3 is 0 Å². The lowest BCUT2D eigenvalue weighted by Gasteiger charge is -2.10. The zero-order valence-corrected chi connectivity index (χ0v) is 15.8. The summed E-state index contributed by atoms with van der Waals surface area (Å²) >= 11 is 12.5. The van der Waals surface area contributed by atoms with E-state index in [1.165, 1.54) is 0 Å². The Hall–Kier alpha value is -0.400. The standard InChI is InChI=1S/C14H12Br2ClNO2S/c1-9-5-13(16)14(7-12(9)15)21(19,20)18-8-10-3-2-4-11(17)6-10/h2-7,18H,8H2,1H3. The highest BCUT2D eigenvalue weighted by atomic mass is 79.9. The highest BCUT2D eigenvalue weighted by molar-refractivity contribution is 9.11. The number of hydrogen-bond acceptors (Lipinski definition) is 2. The van der Waals surface area contributed by atoms with Crippen LogP contribution in [0.5, 0.6) is 0 Å². The summed E-state index contributed by atoms with van der Waals surface area (Å²) in [5, 5.41) is 0.575. The molecule has 0 heterocycles. The van der Waals surface area contributed by atoms with Crippen LogP contribution in [0.15, 0.2) is 50.2 Å². The first-order chi connectivity index (χ1) is 9.79. The van der Waals surface area contributed by atoms with E-state index in [9.17, 15) is 8.42 Å². The average molecular weight is 454 g/mol. The van der Waals surface area contributed by atoms with Crippen molar-refractivity contribution in [1.82, 2.24) is 4.72 Å². The van der Waals surface area contributed by atoms with E-state index in [4.69, 9.17) is 11.6 Å². The van der Waals surface area contributed by atoms with Crippen LogP contribution in [-0.4, -0.2) is 8.42 Å². The summed E-state index contributed by atoms with van der Waals surface area (Å²) < 4.78 is 28.6. The molecule has 0 fully saturated rings. The fourth-order valence-electron chi connectivity index (χ4n) is 1.74. The van der Waals surface area contributed by atoms with E-state index in [1.807, 2.05) is 13.0 Å². The summed E-state index contributed by atoms with van der Waals surface area (Å²) in [4.78, 5) is 0.196. The zero-order chi connectivity index (χ0) is 15.6. The molecule has 0 atom stereocenters. The summed E-state index contributed by atoms with van der Waals surface area (Å²) in [6.07, 6.45) is 0. The van der Waals surface area contributed by atoms with Crippen molar-refractivity contribution < 1.29 is 8.42 Å². The van der Waals surface area contributed by atoms with Gasteiger partial charge in [-0.2, -0.15) is 0 Å². The van der Waals surface area contributed by atoms with Crippen LogP contribution >= 0.6 is 43.5 Å². The Bertz CT molecular complexity index is 779. The quantitative estimate of drug-likeness (QED) is 0.732. The van der Waals surface area contributed by atoms with Gasteiger partial charge in [0.2, 0.25) is 10.0 Å². The maximum Gasteiger partial charge on any atom is 0.242 e. The van der Waals surface area contributed by atoms with Crippen molar-refractivity contribution in [3.63, 3.8) is 0 Å². The normalized spacial score (nSPS) is 11.6. The molecule has 0 bridgehead atoms. The predicted molar refractivity (Wildman–Crippen MR) is 92.1 cm³/mol. The fraction of sp³-hybridized carbons (Fsp3) is 0.143. The van der Waals surface area contributed by atoms with Crippen molar-refractivity contribution in [2.75, 3.05) is 0 Å². The molecule has 2 rings (SSSR count). The second-order valence-corrected chi connectivity index (χ2v) is 8.37. The van der Waals surface area contributed by atoms with Crippen LogP contribution in [-0.2, 0) is 16.6 Å². The third-order valence-corrected chi connectivity index (χ3v) is 6.31. The maximum atomic E-state index is 12.4. The van der Waals surface area contributed by atoms with Gasteiger partial charge in [0.25, 0.3) is 0 Å². The molecule has 0 amide bonds. The highest BCUT2D eigenvalue weighted by Crippen LogP contribution is 2.28. The molecule has 2 aromatic carbocycles. The Morgan fingerprint density at radius 1 is 1.14 bits per heavy atom. The van der Waals surface area contributed by atoms with Gasteiger partial charge in [-0.15, -0.1) is 0 Å². The van der Waals surface area contributed by atoms with E-state index in [0.29, 0.717) is 9.50 Å². The van der Waals surface area contributed by atoms with Crippen LogP contribution in [0.3, 0.4) is 0 Å². The maximum absolute atomic E-state index is 12.4. The van der Waals surface area contributed by atoms with Gasteiger partial charge in [-0.3, -0.25) is 0 Å². The molecule has 21 heavy (non-hydrogen) atoms. The molecule has 1 N–H and O–H groups in total. The molecule has 0 aliphatic heterocycles. The molecule has 0 aliphatic rings. The van der Waals surface area contributed by atoms with Crippen LogP contribution in [0.4, 0.5) is 0 Å². The van der Waals surface area contributed by atoms with Gasteiger partial charge in [-0.05, 0) is 58.2 Å². The first-order valence-corrected chi connectivity index (χ1v) is 9.44. The lowest BCUT2D eigenvalue weighted by molar-refractivity contribution is 0.580. The highest BCUT2D eigenvalue weighted by Gasteiger charge is 2.18. The number of rotatable bonds is 4. The second-order valence-electron chi connectivity index (χ2n) is 4.49. The molecule has 3 nitrogen and oxygen atoms in total. The smallest absolute Gasteiger partial charge is 0.207 e. The molecule has 0 unspecified atom stereocenters. The number of hydrogen-bond donors (Lipinski definition) is 1. The minimum Gasteiger partial charge on any atom is -0.207 e. The Balaban J connectivity index is 2.25. The second kappa shape index (κ2) is 6.79. The third-order valence-electron chi connectivity index (χ3n) is 2.86. The summed E-state index contributed by atoms with van der Waals surface area (Å²) in [7, 11) is -3.61.